The number of halogens is 1. The van der Waals surface area contributed by atoms with E-state index in [2.05, 4.69) is 0 Å². The lowest BCUT2D eigenvalue weighted by Gasteiger charge is -2.09. The van der Waals surface area contributed by atoms with Crippen molar-refractivity contribution >= 4 is 23.5 Å². The average Bonchev–Trinajstić information content (AvgIpc) is 2.26. The molecule has 0 spiro atoms. The lowest BCUT2D eigenvalue weighted by molar-refractivity contribution is -0.112. The fraction of sp³-hybridized carbons (Fsp3) is 0.133. The normalized spacial score (nSPS) is 15.5. The number of ketones is 1. The van der Waals surface area contributed by atoms with Gasteiger partial charge in [-0.05, 0) is 66.5 Å². The first kappa shape index (κ1) is 11.9. The third-order valence-corrected chi connectivity index (χ3v) is 2.90. The summed E-state index contributed by atoms with van der Waals surface area (Å²) in [6, 6.07) is 7.64. The molecule has 0 fully saturated rings. The fourth-order valence-corrected chi connectivity index (χ4v) is 2.05. The van der Waals surface area contributed by atoms with Crippen LogP contribution in [0.25, 0.3) is 6.08 Å². The predicted octanol–water partition coefficient (Wildman–Crippen LogP) is 4.20. The van der Waals surface area contributed by atoms with Crippen LogP contribution in [0.15, 0.2) is 53.1 Å². The van der Waals surface area contributed by atoms with Crippen molar-refractivity contribution in [3.63, 3.8) is 0 Å². The van der Waals surface area contributed by atoms with Crippen molar-refractivity contribution in [2.24, 2.45) is 0 Å². The molecule has 0 unspecified atom stereocenters. The minimum atomic E-state index is 0.119. The molecule has 0 saturated heterocycles. The molecule has 0 aliphatic heterocycles. The lowest BCUT2D eigenvalue weighted by Crippen LogP contribution is -2.05. The van der Waals surface area contributed by atoms with E-state index >= 15 is 0 Å². The zero-order valence-corrected chi connectivity index (χ0v) is 10.6. The highest BCUT2D eigenvalue weighted by atomic mass is 35.5. The zero-order valence-electron chi connectivity index (χ0n) is 9.83. The molecule has 86 valence electrons. The highest BCUT2D eigenvalue weighted by Crippen LogP contribution is 2.21. The van der Waals surface area contributed by atoms with Gasteiger partial charge in [-0.1, -0.05) is 23.7 Å². The smallest absolute Gasteiger partial charge is 0.184 e. The Morgan fingerprint density at radius 2 is 1.76 bits per heavy atom. The maximum Gasteiger partial charge on any atom is 0.184 e. The molecule has 0 heterocycles. The maximum atomic E-state index is 11.6. The van der Waals surface area contributed by atoms with Crippen molar-refractivity contribution in [2.45, 2.75) is 13.8 Å². The molecule has 2 rings (SSSR count). The van der Waals surface area contributed by atoms with Gasteiger partial charge < -0.3 is 0 Å². The molecule has 1 nitrogen and oxygen atoms in total. The predicted molar refractivity (Wildman–Crippen MR) is 72.0 cm³/mol. The summed E-state index contributed by atoms with van der Waals surface area (Å²) in [5, 5.41) is 0.715. The van der Waals surface area contributed by atoms with Gasteiger partial charge in [0, 0.05) is 5.02 Å². The number of Topliss-reactive ketones (excluding diaryl/α,β-unsaturated/α-hetero) is 1. The molecule has 0 bridgehead atoms. The number of benzene rings is 1. The number of carbonyl (C=O) groups is 1. The Kier molecular flexibility index (Phi) is 3.30. The van der Waals surface area contributed by atoms with Crippen molar-refractivity contribution in [1.82, 2.24) is 0 Å². The topological polar surface area (TPSA) is 17.1 Å². The van der Waals surface area contributed by atoms with Gasteiger partial charge in [0.15, 0.2) is 5.78 Å². The van der Waals surface area contributed by atoms with Gasteiger partial charge in [0.05, 0.1) is 0 Å². The number of hydrogen-bond acceptors (Lipinski definition) is 1. The van der Waals surface area contributed by atoms with Crippen LogP contribution in [0, 0.1) is 0 Å². The highest BCUT2D eigenvalue weighted by Gasteiger charge is 2.12. The van der Waals surface area contributed by atoms with Crippen molar-refractivity contribution in [3.05, 3.63) is 63.7 Å². The van der Waals surface area contributed by atoms with Crippen LogP contribution in [0.5, 0.6) is 0 Å². The Hall–Kier alpha value is -1.60. The van der Waals surface area contributed by atoms with Crippen LogP contribution < -0.4 is 0 Å². The van der Waals surface area contributed by atoms with E-state index in [1.54, 1.807) is 0 Å². The summed E-state index contributed by atoms with van der Waals surface area (Å²) in [5.41, 5.74) is 3.62. The molecule has 0 atom stereocenters. The summed E-state index contributed by atoms with van der Waals surface area (Å²) in [6.07, 6.45) is 5.82. The number of carbonyl (C=O) groups excluding carboxylic acids is 1. The molecule has 1 aliphatic rings. The molecular formula is C15H13ClO. The first-order valence-corrected chi connectivity index (χ1v) is 5.82. The van der Waals surface area contributed by atoms with Crippen LogP contribution >= 0.6 is 11.6 Å². The second kappa shape index (κ2) is 4.72. The summed E-state index contributed by atoms with van der Waals surface area (Å²) >= 11 is 5.93. The number of rotatable bonds is 1. The second-order valence-corrected chi connectivity index (χ2v) is 4.62. The molecule has 17 heavy (non-hydrogen) atoms. The first-order chi connectivity index (χ1) is 8.06. The SMILES string of the molecule is CC1=CC(=Cc2cccc(Cl)c2)C=C(C)C1=O. The Bertz CT molecular complexity index is 538. The monoisotopic (exact) mass is 244 g/mol. The van der Waals surface area contributed by atoms with Gasteiger partial charge in [-0.2, -0.15) is 0 Å². The molecule has 0 N–H and O–H groups in total. The molecule has 1 aliphatic carbocycles. The quantitative estimate of drug-likeness (QED) is 0.724. The first-order valence-electron chi connectivity index (χ1n) is 5.45. The van der Waals surface area contributed by atoms with E-state index in [0.29, 0.717) is 5.02 Å². The number of hydrogen-bond donors (Lipinski definition) is 0. The van der Waals surface area contributed by atoms with Gasteiger partial charge in [0.2, 0.25) is 0 Å². The lowest BCUT2D eigenvalue weighted by atomic mass is 9.95. The van der Waals surface area contributed by atoms with Crippen molar-refractivity contribution in [2.75, 3.05) is 0 Å². The van der Waals surface area contributed by atoms with Gasteiger partial charge in [-0.15, -0.1) is 0 Å². The van der Waals surface area contributed by atoms with E-state index in [4.69, 9.17) is 11.6 Å². The van der Waals surface area contributed by atoms with Crippen LogP contribution in [0.2, 0.25) is 5.02 Å². The van der Waals surface area contributed by atoms with E-state index in [1.807, 2.05) is 56.3 Å². The van der Waals surface area contributed by atoms with E-state index in [1.165, 1.54) is 0 Å². The van der Waals surface area contributed by atoms with Gasteiger partial charge in [0.1, 0.15) is 0 Å². The van der Waals surface area contributed by atoms with E-state index in [-0.39, 0.29) is 5.78 Å². The molecule has 1 aromatic carbocycles. The molecule has 2 heteroatoms. The Morgan fingerprint density at radius 1 is 1.12 bits per heavy atom. The highest BCUT2D eigenvalue weighted by molar-refractivity contribution is 6.30. The molecule has 0 aromatic heterocycles. The molecule has 0 amide bonds. The summed E-state index contributed by atoms with van der Waals surface area (Å²) in [5.74, 6) is 0.119. The zero-order chi connectivity index (χ0) is 12.4. The van der Waals surface area contributed by atoms with E-state index in [0.717, 1.165) is 22.3 Å². The van der Waals surface area contributed by atoms with Crippen molar-refractivity contribution in [1.29, 1.82) is 0 Å². The Labute approximate surface area is 106 Å². The van der Waals surface area contributed by atoms with Crippen LogP contribution in [0.4, 0.5) is 0 Å². The maximum absolute atomic E-state index is 11.6. The van der Waals surface area contributed by atoms with E-state index < -0.39 is 0 Å². The van der Waals surface area contributed by atoms with Crippen LogP contribution in [-0.2, 0) is 4.79 Å². The second-order valence-electron chi connectivity index (χ2n) is 4.18. The molecule has 0 saturated carbocycles. The van der Waals surface area contributed by atoms with Gasteiger partial charge >= 0.3 is 0 Å². The minimum absolute atomic E-state index is 0.119. The summed E-state index contributed by atoms with van der Waals surface area (Å²) in [7, 11) is 0. The Balaban J connectivity index is 2.39. The third-order valence-electron chi connectivity index (χ3n) is 2.66. The molecular weight excluding hydrogens is 232 g/mol. The van der Waals surface area contributed by atoms with Crippen LogP contribution in [-0.4, -0.2) is 5.78 Å². The van der Waals surface area contributed by atoms with Gasteiger partial charge in [-0.25, -0.2) is 0 Å². The minimum Gasteiger partial charge on any atom is -0.289 e. The third kappa shape index (κ3) is 2.75. The van der Waals surface area contributed by atoms with Crippen molar-refractivity contribution < 1.29 is 4.79 Å². The fourth-order valence-electron chi connectivity index (χ4n) is 1.86. The summed E-state index contributed by atoms with van der Waals surface area (Å²) in [6.45, 7) is 3.68. The standard InChI is InChI=1S/C15H13ClO/c1-10-6-13(7-11(2)15(10)17)8-12-4-3-5-14(16)9-12/h3-9H,1-2H3. The average molecular weight is 245 g/mol. The van der Waals surface area contributed by atoms with Crippen LogP contribution in [0.1, 0.15) is 19.4 Å². The largest absolute Gasteiger partial charge is 0.289 e. The van der Waals surface area contributed by atoms with Gasteiger partial charge in [0.25, 0.3) is 0 Å². The summed E-state index contributed by atoms with van der Waals surface area (Å²) in [4.78, 5) is 11.6. The van der Waals surface area contributed by atoms with Crippen LogP contribution in [0.3, 0.4) is 0 Å². The molecule has 0 radical (unpaired) electrons. The van der Waals surface area contributed by atoms with E-state index in [9.17, 15) is 4.79 Å². The number of allylic oxidation sites excluding steroid dienone is 5. The summed E-state index contributed by atoms with van der Waals surface area (Å²) < 4.78 is 0. The van der Waals surface area contributed by atoms with Gasteiger partial charge in [-0.3, -0.25) is 4.79 Å². The van der Waals surface area contributed by atoms with Crippen molar-refractivity contribution in [3.8, 4) is 0 Å². The molecule has 1 aromatic rings. The Morgan fingerprint density at radius 3 is 2.35 bits per heavy atom.